The molecule has 1 aromatic heterocycles. The highest BCUT2D eigenvalue weighted by Crippen LogP contribution is 2.17. The average Bonchev–Trinajstić information content (AvgIpc) is 3.01. The van der Waals surface area contributed by atoms with E-state index in [1.165, 1.54) is 11.8 Å². The maximum Gasteiger partial charge on any atom is 0.343 e. The van der Waals surface area contributed by atoms with Gasteiger partial charge in [-0.05, 0) is 43.0 Å². The summed E-state index contributed by atoms with van der Waals surface area (Å²) in [5, 5.41) is 7.08. The summed E-state index contributed by atoms with van der Waals surface area (Å²) >= 11 is 1.29. The van der Waals surface area contributed by atoms with E-state index in [2.05, 4.69) is 10.2 Å². The van der Waals surface area contributed by atoms with E-state index < -0.39 is 0 Å². The van der Waals surface area contributed by atoms with Crippen molar-refractivity contribution >= 4 is 17.5 Å². The molecule has 0 amide bonds. The third-order valence-corrected chi connectivity index (χ3v) is 5.33. The van der Waals surface area contributed by atoms with Crippen LogP contribution in [0.1, 0.15) is 27.0 Å². The van der Waals surface area contributed by atoms with Gasteiger partial charge in [-0.25, -0.2) is 9.89 Å². The highest BCUT2D eigenvalue weighted by molar-refractivity contribution is 7.99. The lowest BCUT2D eigenvalue weighted by Crippen LogP contribution is -2.19. The number of aromatic nitrogens is 3. The van der Waals surface area contributed by atoms with Crippen LogP contribution in [0.15, 0.2) is 58.5 Å². The van der Waals surface area contributed by atoms with Crippen LogP contribution in [0.2, 0.25) is 0 Å². The molecule has 0 saturated carbocycles. The Bertz CT molecular complexity index is 961. The minimum absolute atomic E-state index is 0.0307. The number of hydrogen-bond acceptors (Lipinski definition) is 4. The predicted molar refractivity (Wildman–Crippen MR) is 104 cm³/mol. The minimum atomic E-state index is -0.248. The Hall–Kier alpha value is -2.60. The third-order valence-electron chi connectivity index (χ3n) is 4.35. The third kappa shape index (κ3) is 4.32. The van der Waals surface area contributed by atoms with Crippen molar-refractivity contribution in [3.63, 3.8) is 0 Å². The molecule has 1 heterocycles. The van der Waals surface area contributed by atoms with Gasteiger partial charge in [0.05, 0.1) is 5.75 Å². The summed E-state index contributed by atoms with van der Waals surface area (Å²) in [5.41, 5.74) is 3.86. The highest BCUT2D eigenvalue weighted by Gasteiger charge is 2.13. The van der Waals surface area contributed by atoms with E-state index in [-0.39, 0.29) is 17.2 Å². The molecule has 0 saturated heterocycles. The molecule has 0 unspecified atom stereocenters. The molecule has 0 bridgehead atoms. The van der Waals surface area contributed by atoms with Crippen LogP contribution < -0.4 is 5.69 Å². The number of aryl methyl sites for hydroxylation is 3. The zero-order chi connectivity index (χ0) is 18.5. The van der Waals surface area contributed by atoms with Crippen LogP contribution in [-0.4, -0.2) is 26.3 Å². The van der Waals surface area contributed by atoms with Gasteiger partial charge in [-0.15, -0.1) is 5.10 Å². The largest absolute Gasteiger partial charge is 0.343 e. The van der Waals surface area contributed by atoms with Crippen molar-refractivity contribution in [1.82, 2.24) is 14.8 Å². The van der Waals surface area contributed by atoms with Gasteiger partial charge >= 0.3 is 5.69 Å². The fourth-order valence-electron chi connectivity index (χ4n) is 2.62. The number of nitrogens with one attached hydrogen (secondary N) is 1. The van der Waals surface area contributed by atoms with Gasteiger partial charge in [0.15, 0.2) is 10.9 Å². The number of hydrogen-bond donors (Lipinski definition) is 1. The number of benzene rings is 2. The first-order valence-electron chi connectivity index (χ1n) is 8.47. The summed E-state index contributed by atoms with van der Waals surface area (Å²) in [4.78, 5) is 24.4. The van der Waals surface area contributed by atoms with E-state index in [0.717, 1.165) is 23.1 Å². The molecule has 3 rings (SSSR count). The number of H-pyrrole nitrogens is 1. The summed E-state index contributed by atoms with van der Waals surface area (Å²) in [6.45, 7) is 4.54. The number of aromatic amines is 1. The van der Waals surface area contributed by atoms with Crippen LogP contribution in [0.4, 0.5) is 0 Å². The molecule has 5 nitrogen and oxygen atoms in total. The van der Waals surface area contributed by atoms with Gasteiger partial charge in [0.1, 0.15) is 0 Å². The molecule has 0 aliphatic heterocycles. The van der Waals surface area contributed by atoms with E-state index in [1.54, 1.807) is 4.57 Å². The van der Waals surface area contributed by atoms with Crippen molar-refractivity contribution in [2.75, 3.05) is 5.75 Å². The minimum Gasteiger partial charge on any atom is -0.293 e. The molecule has 0 atom stereocenters. The van der Waals surface area contributed by atoms with Crippen molar-refractivity contribution < 1.29 is 4.79 Å². The second-order valence-electron chi connectivity index (χ2n) is 6.21. The summed E-state index contributed by atoms with van der Waals surface area (Å²) in [7, 11) is 0. The fourth-order valence-corrected chi connectivity index (χ4v) is 3.49. The smallest absolute Gasteiger partial charge is 0.293 e. The van der Waals surface area contributed by atoms with Gasteiger partial charge in [0.25, 0.3) is 0 Å². The van der Waals surface area contributed by atoms with E-state index in [9.17, 15) is 9.59 Å². The highest BCUT2D eigenvalue weighted by atomic mass is 32.2. The Labute approximate surface area is 156 Å². The van der Waals surface area contributed by atoms with Crippen LogP contribution in [0.25, 0.3) is 0 Å². The maximum absolute atomic E-state index is 12.4. The Kier molecular flexibility index (Phi) is 5.73. The van der Waals surface area contributed by atoms with Crippen molar-refractivity contribution in [1.29, 1.82) is 0 Å². The number of carbonyl (C=O) groups is 1. The van der Waals surface area contributed by atoms with E-state index >= 15 is 0 Å². The maximum atomic E-state index is 12.4. The van der Waals surface area contributed by atoms with Crippen molar-refractivity contribution in [3.05, 3.63) is 81.3 Å². The van der Waals surface area contributed by atoms with Crippen molar-refractivity contribution in [2.45, 2.75) is 32.0 Å². The zero-order valence-corrected chi connectivity index (χ0v) is 15.7. The molecule has 6 heteroatoms. The average molecular weight is 367 g/mol. The van der Waals surface area contributed by atoms with E-state index in [1.807, 2.05) is 62.4 Å². The lowest BCUT2D eigenvalue weighted by Gasteiger charge is -2.06. The van der Waals surface area contributed by atoms with Crippen LogP contribution in [0.5, 0.6) is 0 Å². The van der Waals surface area contributed by atoms with Crippen LogP contribution in [0.3, 0.4) is 0 Å². The lowest BCUT2D eigenvalue weighted by atomic mass is 10.0. The lowest BCUT2D eigenvalue weighted by molar-refractivity contribution is 0.102. The number of ketones is 1. The SMILES string of the molecule is Cc1ccc(C(=O)CSc2n[nH]c(=O)n2CCc2ccccc2)cc1C. The number of thioether (sulfide) groups is 1. The molecule has 0 aliphatic rings. The molecular weight excluding hydrogens is 346 g/mol. The van der Waals surface area contributed by atoms with Gasteiger partial charge < -0.3 is 0 Å². The molecule has 2 aromatic carbocycles. The second kappa shape index (κ2) is 8.19. The first kappa shape index (κ1) is 18.2. The predicted octanol–water partition coefficient (Wildman–Crippen LogP) is 3.41. The quantitative estimate of drug-likeness (QED) is 0.513. The number of rotatable bonds is 7. The van der Waals surface area contributed by atoms with Crippen LogP contribution >= 0.6 is 11.8 Å². The molecule has 0 fully saturated rings. The Balaban J connectivity index is 1.65. The second-order valence-corrected chi connectivity index (χ2v) is 7.15. The molecule has 134 valence electrons. The molecule has 1 N–H and O–H groups in total. The summed E-state index contributed by atoms with van der Waals surface area (Å²) in [5.74, 6) is 0.279. The van der Waals surface area contributed by atoms with Gasteiger partial charge in [0.2, 0.25) is 0 Å². The first-order chi connectivity index (χ1) is 12.5. The zero-order valence-electron chi connectivity index (χ0n) is 14.9. The molecule has 3 aromatic rings. The Morgan fingerprint density at radius 2 is 1.88 bits per heavy atom. The molecular formula is C20H21N3O2S. The van der Waals surface area contributed by atoms with E-state index in [4.69, 9.17) is 0 Å². The Morgan fingerprint density at radius 1 is 1.12 bits per heavy atom. The first-order valence-corrected chi connectivity index (χ1v) is 9.45. The van der Waals surface area contributed by atoms with Gasteiger partial charge in [0, 0.05) is 12.1 Å². The molecule has 0 radical (unpaired) electrons. The van der Waals surface area contributed by atoms with Gasteiger partial charge in [-0.2, -0.15) is 0 Å². The fraction of sp³-hybridized carbons (Fsp3) is 0.250. The van der Waals surface area contributed by atoms with E-state index in [0.29, 0.717) is 17.3 Å². The van der Waals surface area contributed by atoms with Crippen molar-refractivity contribution in [3.8, 4) is 0 Å². The normalized spacial score (nSPS) is 10.8. The summed E-state index contributed by atoms with van der Waals surface area (Å²) < 4.78 is 1.59. The van der Waals surface area contributed by atoms with Gasteiger partial charge in [-0.1, -0.05) is 54.2 Å². The van der Waals surface area contributed by atoms with Crippen molar-refractivity contribution in [2.24, 2.45) is 0 Å². The summed E-state index contributed by atoms with van der Waals surface area (Å²) in [6.07, 6.45) is 0.735. The summed E-state index contributed by atoms with van der Waals surface area (Å²) in [6, 6.07) is 15.7. The van der Waals surface area contributed by atoms with Crippen LogP contribution in [0, 0.1) is 13.8 Å². The monoisotopic (exact) mass is 367 g/mol. The number of nitrogens with zero attached hydrogens (tertiary/aromatic N) is 2. The number of Topliss-reactive ketones (excluding diaryl/α,β-unsaturated/α-hetero) is 1. The number of carbonyl (C=O) groups excluding carboxylic acids is 1. The topological polar surface area (TPSA) is 67.8 Å². The molecule has 0 spiro atoms. The standard InChI is InChI=1S/C20H21N3O2S/c1-14-8-9-17(12-15(14)2)18(24)13-26-20-22-21-19(25)23(20)11-10-16-6-4-3-5-7-16/h3-9,12H,10-11,13H2,1-2H3,(H,21,25). The van der Waals surface area contributed by atoms with Gasteiger partial charge in [-0.3, -0.25) is 9.36 Å². The van der Waals surface area contributed by atoms with Crippen LogP contribution in [-0.2, 0) is 13.0 Å². The Morgan fingerprint density at radius 3 is 2.62 bits per heavy atom. The molecule has 26 heavy (non-hydrogen) atoms. The molecule has 0 aliphatic carbocycles.